The topological polar surface area (TPSA) is 53.1 Å². The summed E-state index contributed by atoms with van der Waals surface area (Å²) >= 11 is 0. The molecule has 2 amide bonds. The van der Waals surface area contributed by atoms with Crippen LogP contribution in [-0.4, -0.2) is 84.0 Å². The number of benzene rings is 1. The Morgan fingerprint density at radius 2 is 1.54 bits per heavy atom. The third-order valence-electron chi connectivity index (χ3n) is 5.26. The van der Waals surface area contributed by atoms with Crippen LogP contribution in [0.15, 0.2) is 30.3 Å². The normalized spacial score (nSPS) is 25.8. The Morgan fingerprint density at radius 3 is 2.12 bits per heavy atom. The van der Waals surface area contributed by atoms with Gasteiger partial charge in [0.05, 0.1) is 18.2 Å². The summed E-state index contributed by atoms with van der Waals surface area (Å²) in [5.41, 5.74) is 0.723. The SMILES string of the molecule is C[C@@H]1CN(C(=O)[C@@H](C)N2CCN(C(=O)c3ccccc3)CC2)C[C@@H](C)O1. The Morgan fingerprint density at radius 1 is 0.962 bits per heavy atom. The van der Waals surface area contributed by atoms with Crippen molar-refractivity contribution in [3.8, 4) is 0 Å². The third kappa shape index (κ3) is 4.24. The largest absolute Gasteiger partial charge is 0.372 e. The maximum Gasteiger partial charge on any atom is 0.253 e. The molecule has 0 saturated carbocycles. The van der Waals surface area contributed by atoms with Gasteiger partial charge in [0.2, 0.25) is 5.91 Å². The monoisotopic (exact) mass is 359 g/mol. The lowest BCUT2D eigenvalue weighted by Gasteiger charge is -2.41. The maximum absolute atomic E-state index is 12.9. The summed E-state index contributed by atoms with van der Waals surface area (Å²) < 4.78 is 5.72. The molecule has 6 nitrogen and oxygen atoms in total. The number of morpholine rings is 1. The maximum atomic E-state index is 12.9. The number of ether oxygens (including phenoxy) is 1. The number of nitrogens with zero attached hydrogens (tertiary/aromatic N) is 3. The van der Waals surface area contributed by atoms with E-state index in [0.717, 1.165) is 18.7 Å². The van der Waals surface area contributed by atoms with Gasteiger partial charge in [-0.2, -0.15) is 0 Å². The van der Waals surface area contributed by atoms with Crippen LogP contribution in [0.1, 0.15) is 31.1 Å². The summed E-state index contributed by atoms with van der Waals surface area (Å²) in [5.74, 6) is 0.231. The molecule has 6 heteroatoms. The minimum Gasteiger partial charge on any atom is -0.372 e. The zero-order valence-corrected chi connectivity index (χ0v) is 15.9. The molecule has 2 aliphatic rings. The molecule has 3 rings (SSSR count). The van der Waals surface area contributed by atoms with E-state index in [1.165, 1.54) is 0 Å². The second-order valence-electron chi connectivity index (χ2n) is 7.37. The van der Waals surface area contributed by atoms with Crippen LogP contribution in [0.4, 0.5) is 0 Å². The quantitative estimate of drug-likeness (QED) is 0.820. The predicted octanol–water partition coefficient (Wildman–Crippen LogP) is 1.47. The molecule has 0 unspecified atom stereocenters. The van der Waals surface area contributed by atoms with Crippen LogP contribution >= 0.6 is 0 Å². The highest BCUT2D eigenvalue weighted by Crippen LogP contribution is 2.16. The van der Waals surface area contributed by atoms with Crippen molar-refractivity contribution >= 4 is 11.8 Å². The van der Waals surface area contributed by atoms with Gasteiger partial charge in [-0.05, 0) is 32.9 Å². The molecule has 3 atom stereocenters. The lowest BCUT2D eigenvalue weighted by molar-refractivity contribution is -0.148. The van der Waals surface area contributed by atoms with E-state index in [-0.39, 0.29) is 30.1 Å². The van der Waals surface area contributed by atoms with E-state index in [2.05, 4.69) is 4.90 Å². The summed E-state index contributed by atoms with van der Waals surface area (Å²) in [4.78, 5) is 31.4. The predicted molar refractivity (Wildman–Crippen MR) is 100.0 cm³/mol. The zero-order valence-electron chi connectivity index (χ0n) is 15.9. The third-order valence-corrected chi connectivity index (χ3v) is 5.26. The van der Waals surface area contributed by atoms with E-state index in [9.17, 15) is 9.59 Å². The van der Waals surface area contributed by atoms with Crippen LogP contribution in [0.2, 0.25) is 0 Å². The van der Waals surface area contributed by atoms with Crippen molar-refractivity contribution < 1.29 is 14.3 Å². The summed E-state index contributed by atoms with van der Waals surface area (Å²) in [7, 11) is 0. The van der Waals surface area contributed by atoms with Gasteiger partial charge in [0.1, 0.15) is 0 Å². The summed E-state index contributed by atoms with van der Waals surface area (Å²) in [6.45, 7) is 10.1. The van der Waals surface area contributed by atoms with Crippen molar-refractivity contribution in [1.82, 2.24) is 14.7 Å². The molecule has 0 spiro atoms. The molecule has 1 aromatic carbocycles. The highest BCUT2D eigenvalue weighted by atomic mass is 16.5. The van der Waals surface area contributed by atoms with Crippen LogP contribution in [0.5, 0.6) is 0 Å². The smallest absolute Gasteiger partial charge is 0.253 e. The number of carbonyl (C=O) groups is 2. The van der Waals surface area contributed by atoms with Crippen molar-refractivity contribution in [2.24, 2.45) is 0 Å². The van der Waals surface area contributed by atoms with E-state index in [0.29, 0.717) is 26.2 Å². The second-order valence-corrected chi connectivity index (χ2v) is 7.37. The summed E-state index contributed by atoms with van der Waals surface area (Å²) in [6.07, 6.45) is 0.158. The molecule has 0 aromatic heterocycles. The van der Waals surface area contributed by atoms with Crippen molar-refractivity contribution in [1.29, 1.82) is 0 Å². The number of piperazine rings is 1. The number of hydrogen-bond acceptors (Lipinski definition) is 4. The molecular weight excluding hydrogens is 330 g/mol. The molecule has 0 aliphatic carbocycles. The van der Waals surface area contributed by atoms with Gasteiger partial charge in [-0.25, -0.2) is 0 Å². The lowest BCUT2D eigenvalue weighted by atomic mass is 10.1. The van der Waals surface area contributed by atoms with Crippen molar-refractivity contribution in [2.45, 2.75) is 39.0 Å². The van der Waals surface area contributed by atoms with E-state index in [1.54, 1.807) is 0 Å². The lowest BCUT2D eigenvalue weighted by Crippen LogP contribution is -2.58. The highest BCUT2D eigenvalue weighted by molar-refractivity contribution is 5.94. The summed E-state index contributed by atoms with van der Waals surface area (Å²) in [5, 5.41) is 0. The number of carbonyl (C=O) groups excluding carboxylic acids is 2. The van der Waals surface area contributed by atoms with E-state index >= 15 is 0 Å². The first-order valence-electron chi connectivity index (χ1n) is 9.48. The molecular formula is C20H29N3O3. The molecule has 2 saturated heterocycles. The molecule has 0 N–H and O–H groups in total. The fourth-order valence-corrected chi connectivity index (χ4v) is 3.85. The van der Waals surface area contributed by atoms with Crippen LogP contribution < -0.4 is 0 Å². The average molecular weight is 359 g/mol. The molecule has 0 bridgehead atoms. The van der Waals surface area contributed by atoms with E-state index in [1.807, 2.05) is 60.9 Å². The minimum absolute atomic E-state index is 0.0695. The summed E-state index contributed by atoms with van der Waals surface area (Å²) in [6, 6.07) is 9.21. The fourth-order valence-electron chi connectivity index (χ4n) is 3.85. The number of rotatable bonds is 3. The van der Waals surface area contributed by atoms with Crippen LogP contribution in [-0.2, 0) is 9.53 Å². The Kier molecular flexibility index (Phi) is 5.94. The van der Waals surface area contributed by atoms with E-state index in [4.69, 9.17) is 4.74 Å². The van der Waals surface area contributed by atoms with Crippen molar-refractivity contribution in [2.75, 3.05) is 39.3 Å². The van der Waals surface area contributed by atoms with Gasteiger partial charge in [-0.15, -0.1) is 0 Å². The molecule has 2 aliphatic heterocycles. The van der Waals surface area contributed by atoms with Gasteiger partial charge in [-0.3, -0.25) is 14.5 Å². The second kappa shape index (κ2) is 8.18. The van der Waals surface area contributed by atoms with Crippen molar-refractivity contribution in [3.63, 3.8) is 0 Å². The van der Waals surface area contributed by atoms with Gasteiger partial charge >= 0.3 is 0 Å². The van der Waals surface area contributed by atoms with Crippen LogP contribution in [0, 0.1) is 0 Å². The van der Waals surface area contributed by atoms with E-state index < -0.39 is 0 Å². The van der Waals surface area contributed by atoms with Gasteiger partial charge in [0.25, 0.3) is 5.91 Å². The molecule has 142 valence electrons. The minimum atomic E-state index is -0.165. The van der Waals surface area contributed by atoms with Gasteiger partial charge in [-0.1, -0.05) is 18.2 Å². The number of amides is 2. The van der Waals surface area contributed by atoms with Crippen LogP contribution in [0.3, 0.4) is 0 Å². The first-order valence-corrected chi connectivity index (χ1v) is 9.48. The Balaban J connectivity index is 1.54. The molecule has 1 aromatic rings. The van der Waals surface area contributed by atoms with Gasteiger partial charge in [0.15, 0.2) is 0 Å². The molecule has 0 radical (unpaired) electrons. The Bertz CT molecular complexity index is 618. The highest BCUT2D eigenvalue weighted by Gasteiger charge is 2.33. The zero-order chi connectivity index (χ0) is 18.7. The molecule has 2 heterocycles. The average Bonchev–Trinajstić information content (AvgIpc) is 2.66. The molecule has 26 heavy (non-hydrogen) atoms. The van der Waals surface area contributed by atoms with Gasteiger partial charge in [0, 0.05) is 44.8 Å². The number of hydrogen-bond donors (Lipinski definition) is 0. The first-order chi connectivity index (χ1) is 12.5. The van der Waals surface area contributed by atoms with Crippen molar-refractivity contribution in [3.05, 3.63) is 35.9 Å². The fraction of sp³-hybridized carbons (Fsp3) is 0.600. The van der Waals surface area contributed by atoms with Crippen LogP contribution in [0.25, 0.3) is 0 Å². The first kappa shape index (κ1) is 18.9. The Hall–Kier alpha value is -1.92. The molecule has 2 fully saturated rings. The standard InChI is InChI=1S/C20H29N3O3/c1-15-13-23(14-16(2)26-15)19(24)17(3)21-9-11-22(12-10-21)20(25)18-7-5-4-6-8-18/h4-8,15-17H,9-14H2,1-3H3/t15-,16-,17-/m1/s1. The Labute approximate surface area is 155 Å². The van der Waals surface area contributed by atoms with Gasteiger partial charge < -0.3 is 14.5 Å².